The Labute approximate surface area is 154 Å². The highest BCUT2D eigenvalue weighted by atomic mass is 19.1. The second-order valence-corrected chi connectivity index (χ2v) is 7.14. The minimum absolute atomic E-state index is 0.0194. The first-order valence-corrected chi connectivity index (χ1v) is 8.99. The van der Waals surface area contributed by atoms with Crippen molar-refractivity contribution in [3.63, 3.8) is 0 Å². The van der Waals surface area contributed by atoms with E-state index in [9.17, 15) is 18.4 Å². The van der Waals surface area contributed by atoms with E-state index in [2.05, 4.69) is 9.97 Å². The predicted molar refractivity (Wildman–Crippen MR) is 95.6 cm³/mol. The molecule has 4 rings (SSSR count). The normalized spacial score (nSPS) is 22.0. The van der Waals surface area contributed by atoms with Crippen LogP contribution >= 0.6 is 0 Å². The summed E-state index contributed by atoms with van der Waals surface area (Å²) in [6.45, 7) is 3.89. The number of amides is 1. The van der Waals surface area contributed by atoms with Gasteiger partial charge in [-0.2, -0.15) is 0 Å². The molecule has 2 fully saturated rings. The number of aromatic amines is 1. The maximum atomic E-state index is 13.9. The van der Waals surface area contributed by atoms with E-state index in [1.165, 1.54) is 12.1 Å². The van der Waals surface area contributed by atoms with Crippen LogP contribution in [0.25, 0.3) is 0 Å². The molecule has 1 aromatic heterocycles. The highest BCUT2D eigenvalue weighted by Crippen LogP contribution is 2.49. The van der Waals surface area contributed by atoms with Crippen molar-refractivity contribution in [3.8, 4) is 0 Å². The van der Waals surface area contributed by atoms with Crippen LogP contribution in [0.3, 0.4) is 0 Å². The lowest BCUT2D eigenvalue weighted by Gasteiger charge is -2.35. The Morgan fingerprint density at radius 2 is 1.93 bits per heavy atom. The molecule has 1 amide bonds. The van der Waals surface area contributed by atoms with Crippen molar-refractivity contribution in [2.45, 2.75) is 19.3 Å². The fourth-order valence-corrected chi connectivity index (χ4v) is 3.70. The molecule has 0 bridgehead atoms. The molecule has 1 saturated carbocycles. The van der Waals surface area contributed by atoms with Crippen molar-refractivity contribution in [2.24, 2.45) is 5.92 Å². The first kappa shape index (κ1) is 17.6. The zero-order valence-electron chi connectivity index (χ0n) is 14.9. The molecule has 8 heteroatoms. The van der Waals surface area contributed by atoms with E-state index in [0.29, 0.717) is 44.2 Å². The van der Waals surface area contributed by atoms with Gasteiger partial charge in [-0.15, -0.1) is 0 Å². The topological polar surface area (TPSA) is 69.3 Å². The van der Waals surface area contributed by atoms with Gasteiger partial charge in [-0.3, -0.25) is 14.6 Å². The lowest BCUT2D eigenvalue weighted by molar-refractivity contribution is -0.133. The molecule has 0 radical (unpaired) electrons. The molecule has 0 spiro atoms. The number of halogens is 2. The van der Waals surface area contributed by atoms with Gasteiger partial charge < -0.3 is 9.80 Å². The molecule has 1 aliphatic heterocycles. The van der Waals surface area contributed by atoms with Crippen LogP contribution in [-0.2, 0) is 4.79 Å². The first-order chi connectivity index (χ1) is 12.9. The summed E-state index contributed by atoms with van der Waals surface area (Å²) in [6.07, 6.45) is 0.548. The lowest BCUT2D eigenvalue weighted by atomic mass is 10.1. The van der Waals surface area contributed by atoms with E-state index in [0.717, 1.165) is 12.1 Å². The number of H-pyrrole nitrogens is 1. The van der Waals surface area contributed by atoms with E-state index < -0.39 is 11.6 Å². The number of hydrogen-bond donors (Lipinski definition) is 1. The summed E-state index contributed by atoms with van der Waals surface area (Å²) in [6, 6.07) is 4.81. The molecule has 1 aliphatic carbocycles. The minimum atomic E-state index is -0.488. The average Bonchev–Trinajstić information content (AvgIpc) is 3.43. The van der Waals surface area contributed by atoms with Gasteiger partial charge in [-0.25, -0.2) is 13.8 Å². The van der Waals surface area contributed by atoms with E-state index >= 15 is 0 Å². The number of hydrogen-bond acceptors (Lipinski definition) is 4. The molecule has 2 aromatic rings. The van der Waals surface area contributed by atoms with Gasteiger partial charge in [0.1, 0.15) is 11.6 Å². The molecule has 1 N–H and O–H groups in total. The van der Waals surface area contributed by atoms with Crippen LogP contribution in [0.5, 0.6) is 0 Å². The third kappa shape index (κ3) is 3.56. The van der Waals surface area contributed by atoms with E-state index in [-0.39, 0.29) is 28.9 Å². The van der Waals surface area contributed by atoms with Gasteiger partial charge in [0.25, 0.3) is 5.56 Å². The van der Waals surface area contributed by atoms with Crippen LogP contribution in [0.4, 0.5) is 14.7 Å². The monoisotopic (exact) mass is 374 g/mol. The standard InChI is InChI=1S/C19H20F2N4O2/c1-11-8-17(26)23-19(22-11)25-6-4-24(5-7-25)18(27)15-10-13(15)14-9-12(20)2-3-16(14)21/h2-3,8-9,13,15H,4-7,10H2,1H3,(H,22,23,26). The van der Waals surface area contributed by atoms with Crippen molar-refractivity contribution in [1.29, 1.82) is 0 Å². The summed E-state index contributed by atoms with van der Waals surface area (Å²) >= 11 is 0. The second-order valence-electron chi connectivity index (χ2n) is 7.14. The molecule has 1 aromatic carbocycles. The van der Waals surface area contributed by atoms with E-state index in [1.54, 1.807) is 11.8 Å². The summed E-state index contributed by atoms with van der Waals surface area (Å²) in [7, 11) is 0. The Morgan fingerprint density at radius 3 is 2.63 bits per heavy atom. The van der Waals surface area contributed by atoms with Gasteiger partial charge in [-0.05, 0) is 43.0 Å². The van der Waals surface area contributed by atoms with Crippen molar-refractivity contribution < 1.29 is 13.6 Å². The quantitative estimate of drug-likeness (QED) is 0.890. The number of benzene rings is 1. The summed E-state index contributed by atoms with van der Waals surface area (Å²) < 4.78 is 27.3. The SMILES string of the molecule is Cc1cc(=O)[nH]c(N2CCN(C(=O)C3CC3c3cc(F)ccc3F)CC2)n1. The van der Waals surface area contributed by atoms with Gasteiger partial charge in [0, 0.05) is 43.9 Å². The number of nitrogens with zero attached hydrogens (tertiary/aromatic N) is 3. The predicted octanol–water partition coefficient (Wildman–Crippen LogP) is 1.81. The number of rotatable bonds is 3. The Morgan fingerprint density at radius 1 is 1.19 bits per heavy atom. The van der Waals surface area contributed by atoms with Gasteiger partial charge in [0.05, 0.1) is 0 Å². The summed E-state index contributed by atoms with van der Waals surface area (Å²) in [5.74, 6) is -0.994. The molecule has 1 saturated heterocycles. The Bertz CT molecular complexity index is 938. The van der Waals surface area contributed by atoms with E-state index in [1.807, 2.05) is 4.90 Å². The number of aromatic nitrogens is 2. The summed E-state index contributed by atoms with van der Waals surface area (Å²) in [5.41, 5.74) is 0.729. The van der Waals surface area contributed by atoms with Gasteiger partial charge in [0.15, 0.2) is 0 Å². The zero-order valence-corrected chi connectivity index (χ0v) is 14.9. The van der Waals surface area contributed by atoms with Crippen molar-refractivity contribution >= 4 is 11.9 Å². The maximum Gasteiger partial charge on any atom is 0.252 e. The molecule has 142 valence electrons. The smallest absolute Gasteiger partial charge is 0.252 e. The van der Waals surface area contributed by atoms with Crippen LogP contribution < -0.4 is 10.5 Å². The minimum Gasteiger partial charge on any atom is -0.339 e. The summed E-state index contributed by atoms with van der Waals surface area (Å²) in [4.78, 5) is 35.1. The fourth-order valence-electron chi connectivity index (χ4n) is 3.70. The van der Waals surface area contributed by atoms with Gasteiger partial charge in [0.2, 0.25) is 11.9 Å². The van der Waals surface area contributed by atoms with E-state index in [4.69, 9.17) is 0 Å². The molecule has 2 atom stereocenters. The number of carbonyl (C=O) groups is 1. The van der Waals surface area contributed by atoms with Crippen molar-refractivity contribution in [3.05, 3.63) is 57.5 Å². The molecular formula is C19H20F2N4O2. The average molecular weight is 374 g/mol. The molecular weight excluding hydrogens is 354 g/mol. The van der Waals surface area contributed by atoms with Crippen LogP contribution in [0.2, 0.25) is 0 Å². The number of nitrogens with one attached hydrogen (secondary N) is 1. The third-order valence-electron chi connectivity index (χ3n) is 5.21. The van der Waals surface area contributed by atoms with Gasteiger partial charge >= 0.3 is 0 Å². The number of carbonyl (C=O) groups excluding carboxylic acids is 1. The maximum absolute atomic E-state index is 13.9. The van der Waals surface area contributed by atoms with Gasteiger partial charge in [-0.1, -0.05) is 0 Å². The highest BCUT2D eigenvalue weighted by molar-refractivity contribution is 5.83. The first-order valence-electron chi connectivity index (χ1n) is 8.99. The second kappa shape index (κ2) is 6.75. The lowest BCUT2D eigenvalue weighted by Crippen LogP contribution is -2.50. The Balaban J connectivity index is 1.38. The Kier molecular flexibility index (Phi) is 4.41. The molecule has 27 heavy (non-hydrogen) atoms. The number of anilines is 1. The Hall–Kier alpha value is -2.77. The van der Waals surface area contributed by atoms with Crippen LogP contribution in [0.1, 0.15) is 23.6 Å². The van der Waals surface area contributed by atoms with Crippen molar-refractivity contribution in [1.82, 2.24) is 14.9 Å². The number of piperazine rings is 1. The zero-order chi connectivity index (χ0) is 19.1. The summed E-state index contributed by atoms with van der Waals surface area (Å²) in [5, 5.41) is 0. The van der Waals surface area contributed by atoms with Crippen LogP contribution in [0, 0.1) is 24.5 Å². The third-order valence-corrected chi connectivity index (χ3v) is 5.21. The number of aryl methyl sites for hydroxylation is 1. The van der Waals surface area contributed by atoms with Crippen molar-refractivity contribution in [2.75, 3.05) is 31.1 Å². The highest BCUT2D eigenvalue weighted by Gasteiger charge is 2.47. The molecule has 2 heterocycles. The molecule has 6 nitrogen and oxygen atoms in total. The largest absolute Gasteiger partial charge is 0.339 e. The molecule has 2 unspecified atom stereocenters. The van der Waals surface area contributed by atoms with Crippen LogP contribution in [0.15, 0.2) is 29.1 Å². The fraction of sp³-hybridized carbons (Fsp3) is 0.421. The molecule has 2 aliphatic rings. The van der Waals surface area contributed by atoms with Crippen LogP contribution in [-0.4, -0.2) is 47.0 Å².